The summed E-state index contributed by atoms with van der Waals surface area (Å²) in [5.74, 6) is 0. The van der Waals surface area contributed by atoms with Crippen LogP contribution in [0.4, 0.5) is 0 Å². The van der Waals surface area contributed by atoms with E-state index in [1.54, 1.807) is 0 Å². The SMILES string of the molecule is CCNC(C=C(C)C)C1(c2ccccc2)CCC1. The van der Waals surface area contributed by atoms with Gasteiger partial charge in [0.05, 0.1) is 0 Å². The second kappa shape index (κ2) is 5.71. The molecule has 0 saturated heterocycles. The molecule has 1 aromatic carbocycles. The summed E-state index contributed by atoms with van der Waals surface area (Å²) in [7, 11) is 0. The molecule has 1 aromatic rings. The Morgan fingerprint density at radius 1 is 1.28 bits per heavy atom. The number of nitrogens with one attached hydrogen (secondary N) is 1. The fourth-order valence-electron chi connectivity index (χ4n) is 3.07. The quantitative estimate of drug-likeness (QED) is 0.769. The molecule has 18 heavy (non-hydrogen) atoms. The molecule has 98 valence electrons. The van der Waals surface area contributed by atoms with Gasteiger partial charge in [0, 0.05) is 11.5 Å². The van der Waals surface area contributed by atoms with Gasteiger partial charge in [0.25, 0.3) is 0 Å². The van der Waals surface area contributed by atoms with Crippen LogP contribution in [-0.4, -0.2) is 12.6 Å². The average Bonchev–Trinajstić information content (AvgIpc) is 2.28. The van der Waals surface area contributed by atoms with Crippen LogP contribution in [0, 0.1) is 0 Å². The van der Waals surface area contributed by atoms with Gasteiger partial charge in [-0.15, -0.1) is 0 Å². The molecule has 0 spiro atoms. The summed E-state index contributed by atoms with van der Waals surface area (Å²) in [6, 6.07) is 11.5. The van der Waals surface area contributed by atoms with E-state index in [-0.39, 0.29) is 0 Å². The van der Waals surface area contributed by atoms with Crippen molar-refractivity contribution >= 4 is 0 Å². The maximum absolute atomic E-state index is 3.68. The van der Waals surface area contributed by atoms with E-state index < -0.39 is 0 Å². The van der Waals surface area contributed by atoms with Gasteiger partial charge >= 0.3 is 0 Å². The van der Waals surface area contributed by atoms with Crippen molar-refractivity contribution in [1.29, 1.82) is 0 Å². The lowest BCUT2D eigenvalue weighted by Crippen LogP contribution is -2.51. The van der Waals surface area contributed by atoms with Crippen molar-refractivity contribution in [3.8, 4) is 0 Å². The Kier molecular flexibility index (Phi) is 4.23. The van der Waals surface area contributed by atoms with Gasteiger partial charge in [-0.1, -0.05) is 55.3 Å². The molecule has 1 saturated carbocycles. The largest absolute Gasteiger partial charge is 0.310 e. The molecule has 0 heterocycles. The molecule has 1 N–H and O–H groups in total. The minimum absolute atomic E-state index is 0.328. The zero-order valence-electron chi connectivity index (χ0n) is 11.9. The van der Waals surface area contributed by atoms with Crippen molar-refractivity contribution in [1.82, 2.24) is 5.32 Å². The number of hydrogen-bond acceptors (Lipinski definition) is 1. The summed E-state index contributed by atoms with van der Waals surface area (Å²) in [6.07, 6.45) is 6.37. The second-order valence-electron chi connectivity index (χ2n) is 5.66. The van der Waals surface area contributed by atoms with Gasteiger partial charge in [0.2, 0.25) is 0 Å². The number of rotatable bonds is 5. The van der Waals surface area contributed by atoms with E-state index in [0.29, 0.717) is 11.5 Å². The molecule has 2 rings (SSSR count). The monoisotopic (exact) mass is 243 g/mol. The Balaban J connectivity index is 2.33. The smallest absolute Gasteiger partial charge is 0.0349 e. The zero-order valence-corrected chi connectivity index (χ0v) is 11.9. The first-order chi connectivity index (χ1) is 8.69. The van der Waals surface area contributed by atoms with Crippen molar-refractivity contribution in [3.05, 3.63) is 47.5 Å². The Bertz CT molecular complexity index is 397. The molecule has 0 aromatic heterocycles. The molecule has 1 aliphatic rings. The van der Waals surface area contributed by atoms with Crippen LogP contribution in [0.2, 0.25) is 0 Å². The van der Waals surface area contributed by atoms with Crippen LogP contribution in [0.3, 0.4) is 0 Å². The van der Waals surface area contributed by atoms with Gasteiger partial charge in [-0.25, -0.2) is 0 Å². The van der Waals surface area contributed by atoms with E-state index in [9.17, 15) is 0 Å². The standard InChI is InChI=1S/C17H25N/c1-4-18-16(13-14(2)3)17(11-8-12-17)15-9-6-5-7-10-15/h5-7,9-10,13,16,18H,4,8,11-12H2,1-3H3. The minimum atomic E-state index is 0.328. The van der Waals surface area contributed by atoms with Crippen molar-refractivity contribution < 1.29 is 0 Å². The van der Waals surface area contributed by atoms with E-state index in [4.69, 9.17) is 0 Å². The highest BCUT2D eigenvalue weighted by Crippen LogP contribution is 2.47. The van der Waals surface area contributed by atoms with E-state index in [1.807, 2.05) is 0 Å². The fraction of sp³-hybridized carbons (Fsp3) is 0.529. The Labute approximate surface area is 111 Å². The Morgan fingerprint density at radius 3 is 2.39 bits per heavy atom. The van der Waals surface area contributed by atoms with Crippen LogP contribution in [-0.2, 0) is 5.41 Å². The number of allylic oxidation sites excluding steroid dienone is 1. The van der Waals surface area contributed by atoms with Crippen LogP contribution in [0.1, 0.15) is 45.6 Å². The molecule has 0 radical (unpaired) electrons. The first kappa shape index (κ1) is 13.4. The highest BCUT2D eigenvalue weighted by atomic mass is 14.9. The normalized spacial score (nSPS) is 18.8. The lowest BCUT2D eigenvalue weighted by Gasteiger charge is -2.48. The van der Waals surface area contributed by atoms with E-state index in [0.717, 1.165) is 6.54 Å². The first-order valence-corrected chi connectivity index (χ1v) is 7.13. The van der Waals surface area contributed by atoms with E-state index >= 15 is 0 Å². The molecule has 0 aliphatic heterocycles. The molecule has 1 aliphatic carbocycles. The maximum atomic E-state index is 3.68. The summed E-state index contributed by atoms with van der Waals surface area (Å²) in [5, 5.41) is 3.68. The van der Waals surface area contributed by atoms with E-state index in [2.05, 4.69) is 62.5 Å². The van der Waals surface area contributed by atoms with Gasteiger partial charge in [0.1, 0.15) is 0 Å². The number of hydrogen-bond donors (Lipinski definition) is 1. The van der Waals surface area contributed by atoms with Gasteiger partial charge in [-0.05, 0) is 38.8 Å². The first-order valence-electron chi connectivity index (χ1n) is 7.13. The lowest BCUT2D eigenvalue weighted by atomic mass is 9.60. The lowest BCUT2D eigenvalue weighted by molar-refractivity contribution is 0.196. The van der Waals surface area contributed by atoms with Crippen LogP contribution in [0.15, 0.2) is 42.0 Å². The molecular weight excluding hydrogens is 218 g/mol. The molecule has 1 heteroatoms. The summed E-state index contributed by atoms with van der Waals surface area (Å²) in [5.41, 5.74) is 3.23. The van der Waals surface area contributed by atoms with E-state index in [1.165, 1.54) is 30.4 Å². The van der Waals surface area contributed by atoms with Crippen molar-refractivity contribution in [2.24, 2.45) is 0 Å². The van der Waals surface area contributed by atoms with Crippen molar-refractivity contribution in [2.75, 3.05) is 6.54 Å². The fourth-order valence-corrected chi connectivity index (χ4v) is 3.07. The molecule has 1 fully saturated rings. The molecule has 1 unspecified atom stereocenters. The molecule has 1 nitrogen and oxygen atoms in total. The predicted octanol–water partition coefficient (Wildman–Crippen LogP) is 4.05. The molecule has 0 amide bonds. The third-order valence-electron chi connectivity index (χ3n) is 4.11. The average molecular weight is 243 g/mol. The van der Waals surface area contributed by atoms with Gasteiger partial charge in [0.15, 0.2) is 0 Å². The van der Waals surface area contributed by atoms with Crippen LogP contribution in [0.5, 0.6) is 0 Å². The summed E-state index contributed by atoms with van der Waals surface area (Å²) in [4.78, 5) is 0. The number of likely N-dealkylation sites (N-methyl/N-ethyl adjacent to an activating group) is 1. The Hall–Kier alpha value is -1.08. The summed E-state index contributed by atoms with van der Waals surface area (Å²) in [6.45, 7) is 7.62. The van der Waals surface area contributed by atoms with Gasteiger partial charge in [-0.3, -0.25) is 0 Å². The molecule has 0 bridgehead atoms. The van der Waals surface area contributed by atoms with Gasteiger partial charge in [-0.2, -0.15) is 0 Å². The second-order valence-corrected chi connectivity index (χ2v) is 5.66. The highest BCUT2D eigenvalue weighted by Gasteiger charge is 2.43. The molecule has 1 atom stereocenters. The van der Waals surface area contributed by atoms with Crippen LogP contribution < -0.4 is 5.32 Å². The highest BCUT2D eigenvalue weighted by molar-refractivity contribution is 5.33. The third-order valence-corrected chi connectivity index (χ3v) is 4.11. The van der Waals surface area contributed by atoms with Crippen LogP contribution >= 0.6 is 0 Å². The summed E-state index contributed by atoms with van der Waals surface area (Å²) >= 11 is 0. The van der Waals surface area contributed by atoms with Crippen molar-refractivity contribution in [3.63, 3.8) is 0 Å². The zero-order chi connectivity index (χ0) is 13.0. The number of benzene rings is 1. The predicted molar refractivity (Wildman–Crippen MR) is 78.9 cm³/mol. The third kappa shape index (κ3) is 2.51. The Morgan fingerprint density at radius 2 is 1.94 bits per heavy atom. The minimum Gasteiger partial charge on any atom is -0.310 e. The maximum Gasteiger partial charge on any atom is 0.0349 e. The topological polar surface area (TPSA) is 12.0 Å². The summed E-state index contributed by atoms with van der Waals surface area (Å²) < 4.78 is 0. The molecular formula is C17H25N. The van der Waals surface area contributed by atoms with Gasteiger partial charge < -0.3 is 5.32 Å². The van der Waals surface area contributed by atoms with Crippen molar-refractivity contribution in [2.45, 2.75) is 51.5 Å². The van der Waals surface area contributed by atoms with Crippen LogP contribution in [0.25, 0.3) is 0 Å².